The lowest BCUT2D eigenvalue weighted by atomic mass is 10.2. The van der Waals surface area contributed by atoms with Crippen molar-refractivity contribution in [3.8, 4) is 0 Å². The normalized spacial score (nSPS) is 11.7. The Balaban J connectivity index is 1.89. The first-order chi connectivity index (χ1) is 12.7. The number of nitrogens with zero attached hydrogens (tertiary/aromatic N) is 3. The summed E-state index contributed by atoms with van der Waals surface area (Å²) in [6.07, 6.45) is 6.41. The molecular formula is C19H31N5O2. The van der Waals surface area contributed by atoms with Crippen LogP contribution in [0, 0.1) is 0 Å². The van der Waals surface area contributed by atoms with E-state index in [4.69, 9.17) is 14.1 Å². The molecule has 0 saturated carbocycles. The smallest absolute Gasteiger partial charge is 0.191 e. The first kappa shape index (κ1) is 20.0. The van der Waals surface area contributed by atoms with Gasteiger partial charge in [0, 0.05) is 51.5 Å². The lowest BCUT2D eigenvalue weighted by molar-refractivity contribution is 0.145. The summed E-state index contributed by atoms with van der Waals surface area (Å²) in [5.41, 5.74) is 2.26. The number of hydrogen-bond acceptors (Lipinski definition) is 4. The summed E-state index contributed by atoms with van der Waals surface area (Å²) >= 11 is 0. The molecule has 0 spiro atoms. The topological polar surface area (TPSA) is 76.6 Å². The molecule has 0 amide bonds. The summed E-state index contributed by atoms with van der Waals surface area (Å²) in [7, 11) is 1.95. The fraction of sp³-hybridized carbons (Fsp3) is 0.579. The van der Waals surface area contributed by atoms with Crippen molar-refractivity contribution in [1.82, 2.24) is 20.4 Å². The van der Waals surface area contributed by atoms with Crippen LogP contribution in [0.25, 0.3) is 0 Å². The van der Waals surface area contributed by atoms with Gasteiger partial charge in [-0.05, 0) is 31.9 Å². The van der Waals surface area contributed by atoms with E-state index in [1.54, 1.807) is 6.26 Å². The molecule has 0 aliphatic heterocycles. The Morgan fingerprint density at radius 2 is 2.15 bits per heavy atom. The summed E-state index contributed by atoms with van der Waals surface area (Å²) in [4.78, 5) is 4.72. The number of rotatable bonds is 11. The van der Waals surface area contributed by atoms with Crippen LogP contribution >= 0.6 is 0 Å². The highest BCUT2D eigenvalue weighted by atomic mass is 16.5. The Morgan fingerprint density at radius 3 is 2.88 bits per heavy atom. The maximum Gasteiger partial charge on any atom is 0.191 e. The van der Waals surface area contributed by atoms with Crippen molar-refractivity contribution >= 4 is 5.96 Å². The highest BCUT2D eigenvalue weighted by Gasteiger charge is 2.06. The Morgan fingerprint density at radius 1 is 1.31 bits per heavy atom. The number of nitrogens with one attached hydrogen (secondary N) is 2. The van der Waals surface area contributed by atoms with E-state index in [2.05, 4.69) is 22.7 Å². The molecule has 0 fully saturated rings. The fourth-order valence-corrected chi connectivity index (χ4v) is 2.64. The first-order valence-corrected chi connectivity index (χ1v) is 9.36. The van der Waals surface area contributed by atoms with Gasteiger partial charge in [0.25, 0.3) is 0 Å². The van der Waals surface area contributed by atoms with E-state index in [-0.39, 0.29) is 0 Å². The lowest BCUT2D eigenvalue weighted by Crippen LogP contribution is -2.39. The molecule has 0 unspecified atom stereocenters. The molecule has 2 heterocycles. The fourth-order valence-electron chi connectivity index (χ4n) is 2.64. The van der Waals surface area contributed by atoms with E-state index >= 15 is 0 Å². The maximum atomic E-state index is 5.38. The Bertz CT molecular complexity index is 649. The van der Waals surface area contributed by atoms with Gasteiger partial charge in [0.05, 0.1) is 18.5 Å². The second-order valence-corrected chi connectivity index (χ2v) is 6.03. The first-order valence-electron chi connectivity index (χ1n) is 9.36. The molecule has 0 atom stereocenters. The summed E-state index contributed by atoms with van der Waals surface area (Å²) in [6.45, 7) is 7.83. The minimum absolute atomic E-state index is 0.610. The average molecular weight is 361 g/mol. The van der Waals surface area contributed by atoms with Crippen LogP contribution in [0.5, 0.6) is 0 Å². The van der Waals surface area contributed by atoms with Crippen molar-refractivity contribution in [1.29, 1.82) is 0 Å². The van der Waals surface area contributed by atoms with Gasteiger partial charge < -0.3 is 19.8 Å². The summed E-state index contributed by atoms with van der Waals surface area (Å²) < 4.78 is 12.6. The van der Waals surface area contributed by atoms with Crippen LogP contribution in [0.1, 0.15) is 37.3 Å². The van der Waals surface area contributed by atoms with Crippen molar-refractivity contribution in [3.05, 3.63) is 41.6 Å². The van der Waals surface area contributed by atoms with Gasteiger partial charge in [0.1, 0.15) is 5.76 Å². The predicted octanol–water partition coefficient (Wildman–Crippen LogP) is 2.28. The standard InChI is InChI=1S/C19H31N5O2/c1-4-18-16(15-24(3)23-18)14-22-19(20-10-7-12-25-5-2)21-11-9-17-8-6-13-26-17/h6,8,13,15H,4-5,7,9-12,14H2,1-3H3,(H2,20,21,22). The Hall–Kier alpha value is -2.28. The maximum absolute atomic E-state index is 5.38. The average Bonchev–Trinajstić information content (AvgIpc) is 3.28. The van der Waals surface area contributed by atoms with E-state index in [1.165, 1.54) is 0 Å². The largest absolute Gasteiger partial charge is 0.469 e. The van der Waals surface area contributed by atoms with Crippen molar-refractivity contribution in [2.45, 2.75) is 39.7 Å². The van der Waals surface area contributed by atoms with Crippen LogP contribution in [-0.4, -0.2) is 42.0 Å². The predicted molar refractivity (Wildman–Crippen MR) is 103 cm³/mol. The molecule has 2 rings (SSSR count). The minimum Gasteiger partial charge on any atom is -0.469 e. The molecule has 2 N–H and O–H groups in total. The lowest BCUT2D eigenvalue weighted by Gasteiger charge is -2.12. The molecule has 26 heavy (non-hydrogen) atoms. The number of furan rings is 1. The SMILES string of the molecule is CCOCCCNC(=NCc1cn(C)nc1CC)NCCc1ccco1. The second-order valence-electron chi connectivity index (χ2n) is 6.03. The number of aromatic nitrogens is 2. The molecule has 0 saturated heterocycles. The molecule has 144 valence electrons. The van der Waals surface area contributed by atoms with E-state index in [9.17, 15) is 0 Å². The molecule has 7 heteroatoms. The zero-order valence-electron chi connectivity index (χ0n) is 16.1. The van der Waals surface area contributed by atoms with E-state index in [0.29, 0.717) is 6.54 Å². The zero-order valence-corrected chi connectivity index (χ0v) is 16.1. The molecule has 0 aliphatic carbocycles. The van der Waals surface area contributed by atoms with Gasteiger partial charge in [0.2, 0.25) is 0 Å². The molecule has 7 nitrogen and oxygen atoms in total. The highest BCUT2D eigenvalue weighted by Crippen LogP contribution is 2.08. The van der Waals surface area contributed by atoms with Gasteiger partial charge in [-0.25, -0.2) is 4.99 Å². The highest BCUT2D eigenvalue weighted by molar-refractivity contribution is 5.79. The zero-order chi connectivity index (χ0) is 18.6. The van der Waals surface area contributed by atoms with Crippen LogP contribution < -0.4 is 10.6 Å². The third-order valence-corrected chi connectivity index (χ3v) is 3.94. The molecule has 0 aliphatic rings. The second kappa shape index (κ2) is 11.4. The van der Waals surface area contributed by atoms with Crippen molar-refractivity contribution in [2.24, 2.45) is 12.0 Å². The van der Waals surface area contributed by atoms with E-state index in [0.717, 1.165) is 68.5 Å². The van der Waals surface area contributed by atoms with Gasteiger partial charge in [-0.1, -0.05) is 6.92 Å². The third kappa shape index (κ3) is 6.92. The van der Waals surface area contributed by atoms with Crippen LogP contribution in [-0.2, 0) is 31.2 Å². The van der Waals surface area contributed by atoms with Crippen LogP contribution in [0.15, 0.2) is 34.0 Å². The molecule has 2 aromatic heterocycles. The minimum atomic E-state index is 0.610. The molecule has 0 radical (unpaired) electrons. The van der Waals surface area contributed by atoms with Crippen molar-refractivity contribution in [2.75, 3.05) is 26.3 Å². The van der Waals surface area contributed by atoms with Gasteiger partial charge in [-0.3, -0.25) is 4.68 Å². The molecular weight excluding hydrogens is 330 g/mol. The quantitative estimate of drug-likeness (QED) is 0.365. The monoisotopic (exact) mass is 361 g/mol. The van der Waals surface area contributed by atoms with Gasteiger partial charge in [0.15, 0.2) is 5.96 Å². The summed E-state index contributed by atoms with van der Waals surface area (Å²) in [5, 5.41) is 11.2. The number of guanidine groups is 1. The van der Waals surface area contributed by atoms with Gasteiger partial charge in [-0.15, -0.1) is 0 Å². The van der Waals surface area contributed by atoms with Crippen LogP contribution in [0.3, 0.4) is 0 Å². The Labute approximate surface area is 155 Å². The summed E-state index contributed by atoms with van der Waals surface area (Å²) in [5.74, 6) is 1.77. The van der Waals surface area contributed by atoms with Crippen molar-refractivity contribution < 1.29 is 9.15 Å². The molecule has 0 bridgehead atoms. The number of ether oxygens (including phenoxy) is 1. The Kier molecular flexibility index (Phi) is 8.75. The van der Waals surface area contributed by atoms with Crippen molar-refractivity contribution in [3.63, 3.8) is 0 Å². The van der Waals surface area contributed by atoms with E-state index in [1.807, 2.05) is 37.0 Å². The number of aliphatic imine (C=N–C) groups is 1. The number of hydrogen-bond donors (Lipinski definition) is 2. The number of aryl methyl sites for hydroxylation is 2. The summed E-state index contributed by atoms with van der Waals surface area (Å²) in [6, 6.07) is 3.89. The van der Waals surface area contributed by atoms with Gasteiger partial charge in [-0.2, -0.15) is 5.10 Å². The van der Waals surface area contributed by atoms with Crippen LogP contribution in [0.2, 0.25) is 0 Å². The molecule has 0 aromatic carbocycles. The molecule has 2 aromatic rings. The third-order valence-electron chi connectivity index (χ3n) is 3.94. The van der Waals surface area contributed by atoms with Gasteiger partial charge >= 0.3 is 0 Å². The van der Waals surface area contributed by atoms with Crippen LogP contribution in [0.4, 0.5) is 0 Å². The van der Waals surface area contributed by atoms with E-state index < -0.39 is 0 Å².